The molecule has 4 rings (SSSR count). The molecular formula is C31H34N4Pt. The number of aromatic nitrogens is 4. The van der Waals surface area contributed by atoms with Crippen molar-refractivity contribution >= 4 is 0 Å². The Morgan fingerprint density at radius 3 is 1.25 bits per heavy atom. The van der Waals surface area contributed by atoms with E-state index in [1.807, 2.05) is 48.8 Å². The second-order valence-electron chi connectivity index (χ2n) is 11.6. The van der Waals surface area contributed by atoms with Gasteiger partial charge in [0.15, 0.2) is 0 Å². The second kappa shape index (κ2) is 10.3. The molecular weight excluding hydrogens is 623 g/mol. The van der Waals surface area contributed by atoms with Crippen molar-refractivity contribution in [3.63, 3.8) is 0 Å². The molecule has 0 saturated carbocycles. The Hall–Kier alpha value is -2.71. The summed E-state index contributed by atoms with van der Waals surface area (Å²) in [5, 5.41) is 0. The van der Waals surface area contributed by atoms with Crippen molar-refractivity contribution in [2.75, 3.05) is 0 Å². The molecule has 0 amide bonds. The van der Waals surface area contributed by atoms with E-state index >= 15 is 0 Å². The molecule has 0 aliphatic carbocycles. The number of nitrogens with zero attached hydrogens (tertiary/aromatic N) is 4. The Balaban J connectivity index is 0.00000361. The molecule has 0 bridgehead atoms. The van der Waals surface area contributed by atoms with Gasteiger partial charge in [-0.15, -0.1) is 35.4 Å². The molecule has 5 heteroatoms. The smallest absolute Gasteiger partial charge is 0.356 e. The van der Waals surface area contributed by atoms with E-state index in [-0.39, 0.29) is 31.9 Å². The minimum Gasteiger partial charge on any atom is -0.356 e. The fourth-order valence-electron chi connectivity index (χ4n) is 3.81. The third-order valence-corrected chi connectivity index (χ3v) is 6.26. The van der Waals surface area contributed by atoms with Crippen molar-refractivity contribution in [2.24, 2.45) is 0 Å². The van der Waals surface area contributed by atoms with Gasteiger partial charge in [-0.25, -0.2) is 0 Å². The largest absolute Gasteiger partial charge is 2.00 e. The van der Waals surface area contributed by atoms with E-state index in [2.05, 4.69) is 89.6 Å². The van der Waals surface area contributed by atoms with Crippen molar-refractivity contribution in [3.05, 3.63) is 95.8 Å². The molecule has 0 unspecified atom stereocenters. The maximum absolute atomic E-state index is 4.99. The summed E-state index contributed by atoms with van der Waals surface area (Å²) in [4.78, 5) is 19.3. The van der Waals surface area contributed by atoms with Gasteiger partial charge in [0.25, 0.3) is 0 Å². The molecule has 0 spiro atoms. The predicted octanol–water partition coefficient (Wildman–Crippen LogP) is 7.12. The summed E-state index contributed by atoms with van der Waals surface area (Å²) in [6.45, 7) is 17.2. The predicted molar refractivity (Wildman–Crippen MR) is 142 cm³/mol. The molecule has 0 fully saturated rings. The van der Waals surface area contributed by atoms with Crippen LogP contribution in [0.25, 0.3) is 22.5 Å². The first kappa shape index (κ1) is 27.9. The van der Waals surface area contributed by atoms with E-state index in [9.17, 15) is 0 Å². The van der Waals surface area contributed by atoms with Crippen molar-refractivity contribution in [2.45, 2.75) is 71.6 Å². The fourth-order valence-corrected chi connectivity index (χ4v) is 3.81. The van der Waals surface area contributed by atoms with Crippen LogP contribution in [0.3, 0.4) is 0 Å². The number of hydrogen-bond donors (Lipinski definition) is 0. The summed E-state index contributed by atoms with van der Waals surface area (Å²) < 4.78 is 0. The maximum atomic E-state index is 4.99. The minimum atomic E-state index is -0.399. The van der Waals surface area contributed by atoms with Gasteiger partial charge in [-0.05, 0) is 59.6 Å². The van der Waals surface area contributed by atoms with Crippen LogP contribution in [0.15, 0.2) is 60.9 Å². The Kier molecular flexibility index (Phi) is 8.00. The molecule has 0 saturated heterocycles. The van der Waals surface area contributed by atoms with Crippen LogP contribution < -0.4 is 0 Å². The topological polar surface area (TPSA) is 51.6 Å². The molecule has 0 aromatic carbocycles. The van der Waals surface area contributed by atoms with E-state index < -0.39 is 5.41 Å². The molecule has 4 heterocycles. The van der Waals surface area contributed by atoms with E-state index in [0.29, 0.717) is 0 Å². The van der Waals surface area contributed by atoms with Crippen LogP contribution in [0.5, 0.6) is 0 Å². The average molecular weight is 658 g/mol. The zero-order valence-corrected chi connectivity index (χ0v) is 24.7. The van der Waals surface area contributed by atoms with Crippen LogP contribution >= 0.6 is 0 Å². The van der Waals surface area contributed by atoms with Crippen molar-refractivity contribution in [3.8, 4) is 22.5 Å². The summed E-state index contributed by atoms with van der Waals surface area (Å²) in [5.41, 5.74) is 6.98. The van der Waals surface area contributed by atoms with Gasteiger partial charge in [-0.2, -0.15) is 0 Å². The Bertz CT molecular complexity index is 1210. The minimum absolute atomic E-state index is 0. The normalized spacial score (nSPS) is 12.2. The van der Waals surface area contributed by atoms with E-state index in [1.54, 1.807) is 0 Å². The molecule has 4 aromatic heterocycles. The Morgan fingerprint density at radius 1 is 0.556 bits per heavy atom. The zero-order chi connectivity index (χ0) is 25.4. The summed E-state index contributed by atoms with van der Waals surface area (Å²) in [7, 11) is 0. The molecule has 188 valence electrons. The van der Waals surface area contributed by atoms with E-state index in [1.165, 1.54) is 0 Å². The quantitative estimate of drug-likeness (QED) is 0.220. The molecule has 0 atom stereocenters. The van der Waals surface area contributed by atoms with Gasteiger partial charge in [-0.1, -0.05) is 78.2 Å². The van der Waals surface area contributed by atoms with Gasteiger partial charge < -0.3 is 19.9 Å². The van der Waals surface area contributed by atoms with Crippen molar-refractivity contribution < 1.29 is 21.1 Å². The van der Waals surface area contributed by atoms with Crippen LogP contribution in [-0.2, 0) is 37.3 Å². The van der Waals surface area contributed by atoms with Crippen LogP contribution in [0, 0.1) is 12.1 Å². The number of pyridine rings is 4. The Morgan fingerprint density at radius 2 is 0.944 bits per heavy atom. The third-order valence-electron chi connectivity index (χ3n) is 6.26. The first-order valence-electron chi connectivity index (χ1n) is 12.1. The molecule has 4 nitrogen and oxygen atoms in total. The molecule has 0 radical (unpaired) electrons. The fraction of sp³-hybridized carbons (Fsp3) is 0.355. The van der Waals surface area contributed by atoms with Crippen LogP contribution in [0.4, 0.5) is 0 Å². The van der Waals surface area contributed by atoms with Gasteiger partial charge in [0.05, 0.1) is 0 Å². The van der Waals surface area contributed by atoms with Crippen molar-refractivity contribution in [1.29, 1.82) is 0 Å². The van der Waals surface area contributed by atoms with Crippen LogP contribution in [-0.4, -0.2) is 19.9 Å². The zero-order valence-electron chi connectivity index (χ0n) is 22.4. The maximum Gasteiger partial charge on any atom is 2.00 e. The molecule has 36 heavy (non-hydrogen) atoms. The van der Waals surface area contributed by atoms with E-state index in [0.717, 1.165) is 45.3 Å². The standard InChI is InChI=1S/C31H34N4.Pt/c1-29(2,3)25-17-15-21(19-32-25)23-11-9-13-27(34-23)31(7,8)28-14-10-12-24(35-28)22-16-18-26(33-20-22)30(4,5)6;/h9-14,17-20H,1-8H3;/q-2;+2. The van der Waals surface area contributed by atoms with Gasteiger partial charge in [-0.3, -0.25) is 0 Å². The summed E-state index contributed by atoms with van der Waals surface area (Å²) in [6.07, 6.45) is 3.73. The van der Waals surface area contributed by atoms with Crippen LogP contribution in [0.1, 0.15) is 78.2 Å². The molecule has 4 aromatic rings. The number of hydrogen-bond acceptors (Lipinski definition) is 4. The van der Waals surface area contributed by atoms with Gasteiger partial charge in [0.1, 0.15) is 0 Å². The molecule has 0 aliphatic rings. The van der Waals surface area contributed by atoms with Gasteiger partial charge in [0.2, 0.25) is 0 Å². The van der Waals surface area contributed by atoms with Gasteiger partial charge in [0, 0.05) is 16.8 Å². The van der Waals surface area contributed by atoms with Gasteiger partial charge >= 0.3 is 21.1 Å². The molecule has 0 aliphatic heterocycles. The molecule has 0 N–H and O–H groups in total. The summed E-state index contributed by atoms with van der Waals surface area (Å²) >= 11 is 0. The third kappa shape index (κ3) is 5.98. The van der Waals surface area contributed by atoms with E-state index in [4.69, 9.17) is 9.97 Å². The first-order valence-corrected chi connectivity index (χ1v) is 12.1. The summed E-state index contributed by atoms with van der Waals surface area (Å²) in [5.74, 6) is 0. The SMILES string of the molecule is CC(C)(C)c1c[c-]c(-c2cccc(C(C)(C)c3cccc(-c4[c-]cc(C(C)(C)C)nc4)n3)n2)cn1.[Pt+2]. The first-order chi connectivity index (χ1) is 16.4. The van der Waals surface area contributed by atoms with Crippen molar-refractivity contribution in [1.82, 2.24) is 19.9 Å². The second-order valence-corrected chi connectivity index (χ2v) is 11.6. The number of rotatable bonds is 4. The Labute approximate surface area is 230 Å². The summed E-state index contributed by atoms with van der Waals surface area (Å²) in [6, 6.07) is 22.9. The van der Waals surface area contributed by atoms with Crippen LogP contribution in [0.2, 0.25) is 0 Å². The monoisotopic (exact) mass is 657 g/mol. The average Bonchev–Trinajstić information content (AvgIpc) is 2.83.